The Hall–Kier alpha value is -0.710. The van der Waals surface area contributed by atoms with Crippen LogP contribution < -0.4 is 0 Å². The lowest BCUT2D eigenvalue weighted by Gasteiger charge is -2.37. The monoisotopic (exact) mass is 283 g/mol. The van der Waals surface area contributed by atoms with Gasteiger partial charge in [0.2, 0.25) is 0 Å². The van der Waals surface area contributed by atoms with Crippen molar-refractivity contribution in [1.29, 1.82) is 0 Å². The zero-order valence-electron chi connectivity index (χ0n) is 15.5. The molecule has 1 spiro atoms. The number of allylic oxidation sites excluding steroid dienone is 1. The van der Waals surface area contributed by atoms with Crippen LogP contribution in [0.15, 0.2) is 11.6 Å². The van der Waals surface area contributed by atoms with Crippen molar-refractivity contribution in [3.8, 4) is 0 Å². The van der Waals surface area contributed by atoms with Crippen LogP contribution in [0.25, 0.3) is 0 Å². The first kappa shape index (κ1) is 10.9. The lowest BCUT2D eigenvalue weighted by atomic mass is 9.69. The first-order valence-electron chi connectivity index (χ1n) is 8.57. The molecule has 0 amide bonds. The molecule has 0 aromatic rings. The number of ketones is 1. The standard InChI is InChI=1S/C16H24O4/c1-10(2)5-6-12-15(3,20-12)14-13(18-4)11(17)7-8-16(14)9-19-16/h5,12-14H,6-9H2,1-4H3/t12-,13+,14-,15?,16+/m1/s1/i7D2,13D. The Bertz CT molecular complexity index is 568. The summed E-state index contributed by atoms with van der Waals surface area (Å²) >= 11 is 0. The topological polar surface area (TPSA) is 51.4 Å². The van der Waals surface area contributed by atoms with Crippen molar-refractivity contribution in [3.63, 3.8) is 0 Å². The van der Waals surface area contributed by atoms with Gasteiger partial charge in [-0.25, -0.2) is 0 Å². The molecule has 3 rings (SSSR count). The van der Waals surface area contributed by atoms with E-state index in [1.165, 1.54) is 12.7 Å². The van der Waals surface area contributed by atoms with Crippen LogP contribution in [0.4, 0.5) is 0 Å². The molecule has 20 heavy (non-hydrogen) atoms. The summed E-state index contributed by atoms with van der Waals surface area (Å²) in [6, 6.07) is 0. The molecule has 4 heteroatoms. The van der Waals surface area contributed by atoms with E-state index in [2.05, 4.69) is 6.08 Å². The minimum Gasteiger partial charge on any atom is -0.373 e. The summed E-state index contributed by atoms with van der Waals surface area (Å²) in [4.78, 5) is 12.6. The number of hydrogen-bond donors (Lipinski definition) is 0. The largest absolute Gasteiger partial charge is 0.373 e. The molecule has 3 aliphatic rings. The van der Waals surface area contributed by atoms with Crippen LogP contribution in [-0.4, -0.2) is 42.9 Å². The quantitative estimate of drug-likeness (QED) is 0.586. The molecule has 2 aliphatic heterocycles. The van der Waals surface area contributed by atoms with Crippen molar-refractivity contribution in [1.82, 2.24) is 0 Å². The SMILES string of the molecule is [2H]C1([2H])C[C@]2(CO2)[C@@H](C2(C)O[C@@H]2CC=C(C)C)[C@@]([2H])(OC)C1=O. The normalized spacial score (nSPS) is 54.8. The highest BCUT2D eigenvalue weighted by molar-refractivity contribution is 5.85. The van der Waals surface area contributed by atoms with E-state index in [0.717, 1.165) is 0 Å². The van der Waals surface area contributed by atoms with Crippen LogP contribution in [0.5, 0.6) is 0 Å². The minimum absolute atomic E-state index is 0.0399. The Morgan fingerprint density at radius 1 is 1.65 bits per heavy atom. The third kappa shape index (κ3) is 2.14. The maximum absolute atomic E-state index is 12.6. The van der Waals surface area contributed by atoms with Gasteiger partial charge in [0, 0.05) is 16.2 Å². The van der Waals surface area contributed by atoms with E-state index in [-0.39, 0.29) is 12.5 Å². The average molecular weight is 283 g/mol. The Labute approximate surface area is 124 Å². The number of methoxy groups -OCH3 is 1. The lowest BCUT2D eigenvalue weighted by Crippen LogP contribution is -2.52. The van der Waals surface area contributed by atoms with Crippen molar-refractivity contribution in [2.45, 2.75) is 63.4 Å². The maximum Gasteiger partial charge on any atom is 0.162 e. The molecule has 0 radical (unpaired) electrons. The summed E-state index contributed by atoms with van der Waals surface area (Å²) in [5.41, 5.74) is -0.379. The van der Waals surface area contributed by atoms with E-state index in [9.17, 15) is 4.79 Å². The van der Waals surface area contributed by atoms with Crippen LogP contribution in [0.1, 0.15) is 44.1 Å². The molecule has 112 valence electrons. The number of ether oxygens (including phenoxy) is 3. The lowest BCUT2D eigenvalue weighted by molar-refractivity contribution is -0.142. The fourth-order valence-corrected chi connectivity index (χ4v) is 3.29. The zero-order chi connectivity index (χ0) is 17.3. The number of epoxide rings is 2. The zero-order valence-corrected chi connectivity index (χ0v) is 12.5. The first-order valence-corrected chi connectivity index (χ1v) is 7.07. The van der Waals surface area contributed by atoms with Crippen molar-refractivity contribution in [2.24, 2.45) is 5.92 Å². The van der Waals surface area contributed by atoms with Crippen LogP contribution in [0, 0.1) is 5.92 Å². The summed E-state index contributed by atoms with van der Waals surface area (Å²) in [7, 11) is 1.28. The van der Waals surface area contributed by atoms with Gasteiger partial charge in [0.25, 0.3) is 0 Å². The molecular formula is C16H24O4. The molecule has 1 unspecified atom stereocenters. The van der Waals surface area contributed by atoms with Crippen molar-refractivity contribution >= 4 is 5.78 Å². The molecule has 0 bridgehead atoms. The predicted molar refractivity (Wildman–Crippen MR) is 74.5 cm³/mol. The molecule has 0 N–H and O–H groups in total. The molecule has 2 saturated heterocycles. The van der Waals surface area contributed by atoms with E-state index in [0.29, 0.717) is 13.0 Å². The molecule has 3 fully saturated rings. The van der Waals surface area contributed by atoms with Gasteiger partial charge in [-0.1, -0.05) is 11.6 Å². The minimum atomic E-state index is -2.12. The van der Waals surface area contributed by atoms with Crippen molar-refractivity contribution < 1.29 is 23.1 Å². The van der Waals surface area contributed by atoms with E-state index < -0.39 is 35.4 Å². The number of Topliss-reactive ketones (excluding diaryl/α,β-unsaturated/α-hetero) is 1. The summed E-state index contributed by atoms with van der Waals surface area (Å²) in [6.07, 6.45) is -1.50. The number of rotatable bonds is 4. The van der Waals surface area contributed by atoms with Gasteiger partial charge in [0.1, 0.15) is 17.3 Å². The molecular weight excluding hydrogens is 256 g/mol. The van der Waals surface area contributed by atoms with E-state index >= 15 is 0 Å². The van der Waals surface area contributed by atoms with Gasteiger partial charge in [-0.2, -0.15) is 0 Å². The second-order valence-electron chi connectivity index (χ2n) is 6.35. The van der Waals surface area contributed by atoms with Crippen LogP contribution in [0.2, 0.25) is 0 Å². The van der Waals surface area contributed by atoms with Gasteiger partial charge in [0.15, 0.2) is 5.78 Å². The van der Waals surface area contributed by atoms with Crippen molar-refractivity contribution in [3.05, 3.63) is 11.6 Å². The van der Waals surface area contributed by atoms with Gasteiger partial charge in [-0.05, 0) is 33.6 Å². The summed E-state index contributed by atoms with van der Waals surface area (Å²) in [5, 5.41) is 0. The van der Waals surface area contributed by atoms with Gasteiger partial charge in [0.05, 0.1) is 20.0 Å². The van der Waals surface area contributed by atoms with Crippen molar-refractivity contribution in [2.75, 3.05) is 13.7 Å². The molecule has 1 saturated carbocycles. The van der Waals surface area contributed by atoms with E-state index in [1.807, 2.05) is 20.8 Å². The fraction of sp³-hybridized carbons (Fsp3) is 0.812. The number of carbonyl (C=O) groups excluding carboxylic acids is 1. The molecule has 0 aromatic carbocycles. The van der Waals surface area contributed by atoms with Crippen LogP contribution in [0.3, 0.4) is 0 Å². The van der Waals surface area contributed by atoms with E-state index in [1.54, 1.807) is 0 Å². The molecule has 2 heterocycles. The third-order valence-corrected chi connectivity index (χ3v) is 4.59. The van der Waals surface area contributed by atoms with Crippen LogP contribution >= 0.6 is 0 Å². The summed E-state index contributed by atoms with van der Waals surface area (Å²) in [5.74, 6) is -1.48. The second kappa shape index (κ2) is 4.65. The fourth-order valence-electron chi connectivity index (χ4n) is 3.29. The maximum atomic E-state index is 12.6. The smallest absolute Gasteiger partial charge is 0.162 e. The molecule has 5 atom stereocenters. The highest BCUT2D eigenvalue weighted by Gasteiger charge is 2.71. The second-order valence-corrected chi connectivity index (χ2v) is 6.35. The first-order chi connectivity index (χ1) is 10.5. The average Bonchev–Trinajstić information content (AvgIpc) is 3.33. The number of hydrogen-bond acceptors (Lipinski definition) is 4. The molecule has 0 aromatic heterocycles. The van der Waals surface area contributed by atoms with E-state index in [4.69, 9.17) is 18.3 Å². The molecule has 4 nitrogen and oxygen atoms in total. The predicted octanol–water partition coefficient (Wildman–Crippen LogP) is 2.26. The highest BCUT2D eigenvalue weighted by Crippen LogP contribution is 2.58. The Morgan fingerprint density at radius 3 is 2.90 bits per heavy atom. The molecule has 1 aliphatic carbocycles. The van der Waals surface area contributed by atoms with Gasteiger partial charge in [-0.15, -0.1) is 0 Å². The summed E-state index contributed by atoms with van der Waals surface area (Å²) < 4.78 is 41.3. The van der Waals surface area contributed by atoms with Gasteiger partial charge in [-0.3, -0.25) is 4.79 Å². The van der Waals surface area contributed by atoms with Gasteiger partial charge >= 0.3 is 0 Å². The Kier molecular flexibility index (Phi) is 2.54. The van der Waals surface area contributed by atoms with Gasteiger partial charge < -0.3 is 14.2 Å². The Balaban J connectivity index is 1.94. The third-order valence-electron chi connectivity index (χ3n) is 4.59. The van der Waals surface area contributed by atoms with Crippen LogP contribution in [-0.2, 0) is 19.0 Å². The highest BCUT2D eigenvalue weighted by atomic mass is 16.6. The number of carbonyl (C=O) groups is 1. The Morgan fingerprint density at radius 2 is 2.35 bits per heavy atom. The summed E-state index contributed by atoms with van der Waals surface area (Å²) in [6.45, 7) is 6.23.